The number of rotatable bonds is 5. The second-order valence-electron chi connectivity index (χ2n) is 7.95. The number of methoxy groups -OCH3 is 2. The van der Waals surface area contributed by atoms with Gasteiger partial charge >= 0.3 is 0 Å². The second kappa shape index (κ2) is 8.80. The minimum atomic E-state index is -3.66. The van der Waals surface area contributed by atoms with E-state index in [0.29, 0.717) is 37.4 Å². The second-order valence-corrected chi connectivity index (χ2v) is 10.9. The lowest BCUT2D eigenvalue weighted by molar-refractivity contribution is -0.139. The van der Waals surface area contributed by atoms with Gasteiger partial charge in [0.1, 0.15) is 0 Å². The van der Waals surface area contributed by atoms with Crippen LogP contribution in [0.25, 0.3) is 0 Å². The van der Waals surface area contributed by atoms with Crippen molar-refractivity contribution >= 4 is 27.3 Å². The minimum Gasteiger partial charge on any atom is -0.493 e. The molecule has 1 aromatic heterocycles. The highest BCUT2D eigenvalue weighted by Crippen LogP contribution is 2.36. The molecule has 1 atom stereocenters. The van der Waals surface area contributed by atoms with E-state index >= 15 is 0 Å². The quantitative estimate of drug-likeness (QED) is 0.679. The lowest BCUT2D eigenvalue weighted by atomic mass is 9.93. The van der Waals surface area contributed by atoms with Gasteiger partial charge in [0, 0.05) is 36.5 Å². The van der Waals surface area contributed by atoms with Crippen molar-refractivity contribution in [2.24, 2.45) is 5.92 Å². The Bertz CT molecular complexity index is 1060. The third-order valence-electron chi connectivity index (χ3n) is 6.36. The van der Waals surface area contributed by atoms with Crippen LogP contribution in [-0.2, 0) is 21.2 Å². The first-order chi connectivity index (χ1) is 14.9. The van der Waals surface area contributed by atoms with Crippen LogP contribution in [-0.4, -0.2) is 57.4 Å². The lowest BCUT2D eigenvalue weighted by Gasteiger charge is -2.38. The van der Waals surface area contributed by atoms with E-state index in [0.717, 1.165) is 13.0 Å². The van der Waals surface area contributed by atoms with Crippen LogP contribution in [0.2, 0.25) is 0 Å². The van der Waals surface area contributed by atoms with E-state index in [4.69, 9.17) is 9.47 Å². The van der Waals surface area contributed by atoms with Crippen molar-refractivity contribution in [3.05, 3.63) is 40.1 Å². The summed E-state index contributed by atoms with van der Waals surface area (Å²) < 4.78 is 38.2. The summed E-state index contributed by atoms with van der Waals surface area (Å²) in [5, 5.41) is 2.09. The molecule has 4 rings (SSSR count). The highest BCUT2D eigenvalue weighted by molar-refractivity contribution is 7.89. The molecule has 1 amide bonds. The van der Waals surface area contributed by atoms with Crippen LogP contribution in [0, 0.1) is 5.92 Å². The number of ether oxygens (including phenoxy) is 2. The van der Waals surface area contributed by atoms with Gasteiger partial charge < -0.3 is 14.4 Å². The third kappa shape index (κ3) is 4.06. The number of carbonyl (C=O) groups excluding carboxylic acids is 1. The normalized spacial score (nSPS) is 20.4. The van der Waals surface area contributed by atoms with Gasteiger partial charge in [0.2, 0.25) is 15.9 Å². The maximum Gasteiger partial charge on any atom is 0.243 e. The molecule has 0 saturated carbocycles. The van der Waals surface area contributed by atoms with E-state index in [1.807, 2.05) is 4.90 Å². The minimum absolute atomic E-state index is 0.0797. The molecule has 168 valence electrons. The fraction of sp³-hybridized carbons (Fsp3) is 0.500. The number of carbonyl (C=O) groups is 1. The summed E-state index contributed by atoms with van der Waals surface area (Å²) in [5.41, 5.74) is 1.25. The fourth-order valence-corrected chi connectivity index (χ4v) is 6.96. The van der Waals surface area contributed by atoms with Gasteiger partial charge in [-0.25, -0.2) is 8.42 Å². The summed E-state index contributed by atoms with van der Waals surface area (Å²) in [7, 11) is -0.674. The molecule has 1 fully saturated rings. The molecule has 0 radical (unpaired) electrons. The maximum atomic E-state index is 13.2. The Hall–Kier alpha value is -2.10. The predicted molar refractivity (Wildman–Crippen MR) is 119 cm³/mol. The van der Waals surface area contributed by atoms with Crippen LogP contribution in [0.3, 0.4) is 0 Å². The van der Waals surface area contributed by atoms with Crippen molar-refractivity contribution in [3.8, 4) is 11.5 Å². The highest BCUT2D eigenvalue weighted by Gasteiger charge is 2.37. The largest absolute Gasteiger partial charge is 0.493 e. The van der Waals surface area contributed by atoms with Crippen molar-refractivity contribution in [2.45, 2.75) is 37.1 Å². The molecule has 7 nitrogen and oxygen atoms in total. The van der Waals surface area contributed by atoms with Crippen LogP contribution in [0.5, 0.6) is 11.5 Å². The molecule has 31 heavy (non-hydrogen) atoms. The van der Waals surface area contributed by atoms with Gasteiger partial charge in [-0.3, -0.25) is 4.79 Å². The van der Waals surface area contributed by atoms with Crippen LogP contribution in [0.4, 0.5) is 0 Å². The molecule has 2 aromatic rings. The zero-order chi connectivity index (χ0) is 22.2. The van der Waals surface area contributed by atoms with Gasteiger partial charge in [-0.05, 0) is 55.3 Å². The first kappa shape index (κ1) is 22.1. The number of benzene rings is 1. The Labute approximate surface area is 187 Å². The number of nitrogens with zero attached hydrogens (tertiary/aromatic N) is 2. The molecule has 0 aliphatic carbocycles. The topological polar surface area (TPSA) is 76.2 Å². The first-order valence-corrected chi connectivity index (χ1v) is 12.8. The third-order valence-corrected chi connectivity index (χ3v) is 9.25. The van der Waals surface area contributed by atoms with E-state index < -0.39 is 10.0 Å². The number of piperidine rings is 1. The van der Waals surface area contributed by atoms with E-state index in [2.05, 4.69) is 18.4 Å². The molecule has 0 spiro atoms. The molecule has 9 heteroatoms. The number of sulfonamides is 1. The van der Waals surface area contributed by atoms with Gasteiger partial charge in [-0.15, -0.1) is 11.3 Å². The van der Waals surface area contributed by atoms with Crippen LogP contribution in [0.1, 0.15) is 36.2 Å². The monoisotopic (exact) mass is 464 g/mol. The Morgan fingerprint density at radius 3 is 2.45 bits per heavy atom. The zero-order valence-electron chi connectivity index (χ0n) is 18.0. The van der Waals surface area contributed by atoms with Crippen LogP contribution in [0.15, 0.2) is 34.5 Å². The van der Waals surface area contributed by atoms with Gasteiger partial charge in [-0.2, -0.15) is 4.31 Å². The standard InChI is InChI=1S/C22H28N2O5S2/c1-15-18-9-13-30-21(18)8-12-24(15)22(25)16-6-10-23(11-7-16)31(26,27)17-4-5-19(28-2)20(14-17)29-3/h4-5,9,13-16H,6-8,10-12H2,1-3H3. The molecule has 1 aromatic carbocycles. The van der Waals surface area contributed by atoms with Gasteiger partial charge in [-0.1, -0.05) is 0 Å². The molecule has 1 saturated heterocycles. The van der Waals surface area contributed by atoms with E-state index in [9.17, 15) is 13.2 Å². The van der Waals surface area contributed by atoms with Crippen molar-refractivity contribution in [3.63, 3.8) is 0 Å². The smallest absolute Gasteiger partial charge is 0.243 e. The average molecular weight is 465 g/mol. The van der Waals surface area contributed by atoms with Crippen molar-refractivity contribution in [2.75, 3.05) is 33.9 Å². The van der Waals surface area contributed by atoms with Gasteiger partial charge in [0.25, 0.3) is 0 Å². The molecule has 2 aliphatic heterocycles. The summed E-state index contributed by atoms with van der Waals surface area (Å²) in [6, 6.07) is 6.80. The summed E-state index contributed by atoms with van der Waals surface area (Å²) in [4.78, 5) is 16.7. The summed E-state index contributed by atoms with van der Waals surface area (Å²) in [5.74, 6) is 0.864. The van der Waals surface area contributed by atoms with Crippen LogP contribution < -0.4 is 9.47 Å². The molecule has 2 aliphatic rings. The summed E-state index contributed by atoms with van der Waals surface area (Å²) in [6.07, 6.45) is 1.96. The lowest BCUT2D eigenvalue weighted by Crippen LogP contribution is -2.46. The van der Waals surface area contributed by atoms with E-state index in [1.165, 1.54) is 41.1 Å². The predicted octanol–water partition coefficient (Wildman–Crippen LogP) is 3.31. The number of hydrogen-bond acceptors (Lipinski definition) is 6. The SMILES string of the molecule is COc1ccc(S(=O)(=O)N2CCC(C(=O)N3CCc4sccc4C3C)CC2)cc1OC. The van der Waals surface area contributed by atoms with Crippen LogP contribution >= 0.6 is 11.3 Å². The molecule has 3 heterocycles. The molecule has 0 N–H and O–H groups in total. The number of thiophene rings is 1. The van der Waals surface area contributed by atoms with E-state index in [-0.39, 0.29) is 22.8 Å². The van der Waals surface area contributed by atoms with Crippen molar-refractivity contribution in [1.29, 1.82) is 0 Å². The van der Waals surface area contributed by atoms with Crippen molar-refractivity contribution in [1.82, 2.24) is 9.21 Å². The fourth-order valence-electron chi connectivity index (χ4n) is 4.51. The van der Waals surface area contributed by atoms with Gasteiger partial charge in [0.05, 0.1) is 25.2 Å². The Morgan fingerprint density at radius 2 is 1.77 bits per heavy atom. The Morgan fingerprint density at radius 1 is 1.06 bits per heavy atom. The summed E-state index contributed by atoms with van der Waals surface area (Å²) >= 11 is 1.76. The molecule has 1 unspecified atom stereocenters. The molecular weight excluding hydrogens is 436 g/mol. The summed E-state index contributed by atoms with van der Waals surface area (Å²) in [6.45, 7) is 3.48. The Balaban J connectivity index is 1.43. The Kier molecular flexibility index (Phi) is 6.27. The highest BCUT2D eigenvalue weighted by atomic mass is 32.2. The number of amides is 1. The first-order valence-electron chi connectivity index (χ1n) is 10.5. The number of fused-ring (bicyclic) bond motifs is 1. The average Bonchev–Trinajstić information content (AvgIpc) is 3.28. The molecular formula is C22H28N2O5S2. The zero-order valence-corrected chi connectivity index (χ0v) is 19.7. The van der Waals surface area contributed by atoms with Gasteiger partial charge in [0.15, 0.2) is 11.5 Å². The molecule has 0 bridgehead atoms. The van der Waals surface area contributed by atoms with E-state index in [1.54, 1.807) is 17.4 Å². The number of hydrogen-bond donors (Lipinski definition) is 0. The van der Waals surface area contributed by atoms with Crippen molar-refractivity contribution < 1.29 is 22.7 Å². The maximum absolute atomic E-state index is 13.2.